The Kier molecular flexibility index (Phi) is 7.46. The van der Waals surface area contributed by atoms with Gasteiger partial charge in [-0.3, -0.25) is 4.99 Å². The summed E-state index contributed by atoms with van der Waals surface area (Å²) in [6, 6.07) is 0.458. The molecule has 1 saturated carbocycles. The zero-order chi connectivity index (χ0) is 15.8. The summed E-state index contributed by atoms with van der Waals surface area (Å²) in [4.78, 5) is 7.36. The molecular weight excluding hydrogens is 276 g/mol. The summed E-state index contributed by atoms with van der Waals surface area (Å²) in [6.45, 7) is 9.77. The summed E-state index contributed by atoms with van der Waals surface area (Å²) in [5.41, 5.74) is 0. The molecule has 2 fully saturated rings. The first-order valence-electron chi connectivity index (χ1n) is 9.16. The van der Waals surface area contributed by atoms with Gasteiger partial charge >= 0.3 is 0 Å². The number of aliphatic hydroxyl groups excluding tert-OH is 1. The molecule has 0 bridgehead atoms. The van der Waals surface area contributed by atoms with E-state index in [1.54, 1.807) is 0 Å². The normalized spacial score (nSPS) is 31.0. The van der Waals surface area contributed by atoms with Crippen LogP contribution >= 0.6 is 0 Å². The molecule has 1 atom stereocenters. The van der Waals surface area contributed by atoms with Gasteiger partial charge in [-0.05, 0) is 64.5 Å². The van der Waals surface area contributed by atoms with Crippen LogP contribution in [-0.2, 0) is 0 Å². The fourth-order valence-corrected chi connectivity index (χ4v) is 3.54. The molecule has 22 heavy (non-hydrogen) atoms. The molecule has 0 aromatic carbocycles. The number of aliphatic hydroxyl groups is 1. The molecule has 2 aliphatic rings. The van der Waals surface area contributed by atoms with Crippen LogP contribution in [0.3, 0.4) is 0 Å². The molecule has 3 N–H and O–H groups in total. The number of likely N-dealkylation sites (tertiary alicyclic amines) is 1. The number of guanidine groups is 1. The van der Waals surface area contributed by atoms with Crippen molar-refractivity contribution in [3.63, 3.8) is 0 Å². The highest BCUT2D eigenvalue weighted by molar-refractivity contribution is 5.80. The molecule has 1 aliphatic heterocycles. The van der Waals surface area contributed by atoms with E-state index in [1.165, 1.54) is 25.9 Å². The molecule has 0 spiro atoms. The first-order chi connectivity index (χ1) is 10.7. The number of hydrogen-bond acceptors (Lipinski definition) is 3. The van der Waals surface area contributed by atoms with Gasteiger partial charge in [-0.15, -0.1) is 0 Å². The lowest BCUT2D eigenvalue weighted by atomic mass is 9.93. The fraction of sp³-hybridized carbons (Fsp3) is 0.941. The molecule has 0 radical (unpaired) electrons. The molecule has 0 aromatic heterocycles. The lowest BCUT2D eigenvalue weighted by Gasteiger charge is -2.31. The average molecular weight is 310 g/mol. The molecule has 5 heteroatoms. The van der Waals surface area contributed by atoms with Crippen LogP contribution in [0.2, 0.25) is 0 Å². The second-order valence-electron chi connectivity index (χ2n) is 6.77. The molecule has 1 heterocycles. The lowest BCUT2D eigenvalue weighted by molar-refractivity contribution is 0.120. The minimum absolute atomic E-state index is 0.0974. The maximum atomic E-state index is 9.61. The molecule has 1 saturated heterocycles. The number of rotatable bonds is 5. The third-order valence-corrected chi connectivity index (χ3v) is 4.94. The fourth-order valence-electron chi connectivity index (χ4n) is 3.54. The maximum absolute atomic E-state index is 9.61. The molecule has 5 nitrogen and oxygen atoms in total. The largest absolute Gasteiger partial charge is 0.393 e. The van der Waals surface area contributed by atoms with E-state index in [1.807, 2.05) is 0 Å². The van der Waals surface area contributed by atoms with E-state index in [0.717, 1.165) is 51.3 Å². The second kappa shape index (κ2) is 9.36. The zero-order valence-corrected chi connectivity index (χ0v) is 14.4. The second-order valence-corrected chi connectivity index (χ2v) is 6.77. The van der Waals surface area contributed by atoms with Crippen LogP contribution in [-0.4, -0.2) is 60.8 Å². The van der Waals surface area contributed by atoms with Crippen molar-refractivity contribution in [2.75, 3.05) is 32.7 Å². The summed E-state index contributed by atoms with van der Waals surface area (Å²) in [7, 11) is 0. The van der Waals surface area contributed by atoms with Gasteiger partial charge in [0.2, 0.25) is 0 Å². The van der Waals surface area contributed by atoms with Crippen molar-refractivity contribution in [1.82, 2.24) is 15.5 Å². The van der Waals surface area contributed by atoms with Gasteiger partial charge in [0.1, 0.15) is 0 Å². The smallest absolute Gasteiger partial charge is 0.191 e. The van der Waals surface area contributed by atoms with E-state index < -0.39 is 0 Å². The van der Waals surface area contributed by atoms with Crippen molar-refractivity contribution in [3.05, 3.63) is 0 Å². The quantitative estimate of drug-likeness (QED) is 0.533. The van der Waals surface area contributed by atoms with Crippen molar-refractivity contribution < 1.29 is 5.11 Å². The average Bonchev–Trinajstić information content (AvgIpc) is 2.55. The predicted octanol–water partition coefficient (Wildman–Crippen LogP) is 1.58. The Balaban J connectivity index is 1.81. The van der Waals surface area contributed by atoms with E-state index in [-0.39, 0.29) is 6.10 Å². The summed E-state index contributed by atoms with van der Waals surface area (Å²) in [5, 5.41) is 16.5. The van der Waals surface area contributed by atoms with Crippen LogP contribution in [0, 0.1) is 5.92 Å². The molecule has 1 aliphatic carbocycles. The standard InChI is InChI=1S/C17H34N4O/c1-3-18-17(20-15-7-9-16(22)10-8-15)19-12-14-6-5-11-21(4-2)13-14/h14-16,22H,3-13H2,1-2H3,(H2,18,19,20). The first kappa shape index (κ1) is 17.5. The maximum Gasteiger partial charge on any atom is 0.191 e. The van der Waals surface area contributed by atoms with Crippen molar-refractivity contribution >= 4 is 5.96 Å². The summed E-state index contributed by atoms with van der Waals surface area (Å²) in [5.74, 6) is 1.65. The topological polar surface area (TPSA) is 59.9 Å². The Morgan fingerprint density at radius 2 is 1.95 bits per heavy atom. The third-order valence-electron chi connectivity index (χ3n) is 4.94. The zero-order valence-electron chi connectivity index (χ0n) is 14.4. The molecule has 0 aromatic rings. The highest BCUT2D eigenvalue weighted by atomic mass is 16.3. The summed E-state index contributed by atoms with van der Waals surface area (Å²) in [6.07, 6.45) is 6.40. The van der Waals surface area contributed by atoms with Crippen LogP contribution in [0.15, 0.2) is 4.99 Å². The SMILES string of the molecule is CCNC(=NCC1CCCN(CC)C1)NC1CCC(O)CC1. The number of nitrogens with one attached hydrogen (secondary N) is 2. The van der Waals surface area contributed by atoms with Crippen molar-refractivity contribution in [2.45, 2.75) is 64.5 Å². The van der Waals surface area contributed by atoms with Crippen molar-refractivity contribution in [2.24, 2.45) is 10.9 Å². The predicted molar refractivity (Wildman–Crippen MR) is 92.2 cm³/mol. The lowest BCUT2D eigenvalue weighted by Crippen LogP contribution is -2.45. The van der Waals surface area contributed by atoms with Crippen molar-refractivity contribution in [1.29, 1.82) is 0 Å². The van der Waals surface area contributed by atoms with Gasteiger partial charge in [0, 0.05) is 25.7 Å². The van der Waals surface area contributed by atoms with Crippen LogP contribution in [0.1, 0.15) is 52.4 Å². The van der Waals surface area contributed by atoms with Gasteiger partial charge in [0.15, 0.2) is 5.96 Å². The molecule has 128 valence electrons. The Morgan fingerprint density at radius 3 is 2.64 bits per heavy atom. The highest BCUT2D eigenvalue weighted by Crippen LogP contribution is 2.19. The van der Waals surface area contributed by atoms with Crippen LogP contribution in [0.5, 0.6) is 0 Å². The Bertz CT molecular complexity index is 340. The van der Waals surface area contributed by atoms with Crippen LogP contribution in [0.25, 0.3) is 0 Å². The third kappa shape index (κ3) is 5.76. The van der Waals surface area contributed by atoms with Crippen LogP contribution < -0.4 is 10.6 Å². The van der Waals surface area contributed by atoms with E-state index in [2.05, 4.69) is 29.4 Å². The van der Waals surface area contributed by atoms with E-state index in [4.69, 9.17) is 4.99 Å². The first-order valence-corrected chi connectivity index (χ1v) is 9.16. The van der Waals surface area contributed by atoms with Crippen LogP contribution in [0.4, 0.5) is 0 Å². The molecule has 1 unspecified atom stereocenters. The van der Waals surface area contributed by atoms with Crippen molar-refractivity contribution in [3.8, 4) is 0 Å². The molecular formula is C17H34N4O. The van der Waals surface area contributed by atoms with Gasteiger partial charge in [-0.1, -0.05) is 6.92 Å². The van der Waals surface area contributed by atoms with Gasteiger partial charge in [0.05, 0.1) is 6.10 Å². The van der Waals surface area contributed by atoms with E-state index >= 15 is 0 Å². The van der Waals surface area contributed by atoms with Gasteiger partial charge in [-0.2, -0.15) is 0 Å². The summed E-state index contributed by atoms with van der Waals surface area (Å²) < 4.78 is 0. The Morgan fingerprint density at radius 1 is 1.18 bits per heavy atom. The highest BCUT2D eigenvalue weighted by Gasteiger charge is 2.21. The number of piperidine rings is 1. The Hall–Kier alpha value is -0.810. The monoisotopic (exact) mass is 310 g/mol. The van der Waals surface area contributed by atoms with Gasteiger partial charge in [0.25, 0.3) is 0 Å². The number of nitrogens with zero attached hydrogens (tertiary/aromatic N) is 2. The minimum Gasteiger partial charge on any atom is -0.393 e. The number of aliphatic imine (C=N–C) groups is 1. The van der Waals surface area contributed by atoms with E-state index in [9.17, 15) is 5.11 Å². The number of hydrogen-bond donors (Lipinski definition) is 3. The van der Waals surface area contributed by atoms with E-state index in [0.29, 0.717) is 12.0 Å². The molecule has 0 amide bonds. The molecule has 2 rings (SSSR count). The van der Waals surface area contributed by atoms with Gasteiger partial charge < -0.3 is 20.6 Å². The van der Waals surface area contributed by atoms with Gasteiger partial charge in [-0.25, -0.2) is 0 Å². The minimum atomic E-state index is -0.0974. The Labute approximate surface area is 135 Å². The summed E-state index contributed by atoms with van der Waals surface area (Å²) >= 11 is 0.